The number of halogens is 3. The molecule has 1 amide bonds. The summed E-state index contributed by atoms with van der Waals surface area (Å²) in [5, 5.41) is 12.7. The summed E-state index contributed by atoms with van der Waals surface area (Å²) >= 11 is 11.0. The number of aliphatic hydroxyl groups excluding tert-OH is 1. The lowest BCUT2D eigenvalue weighted by atomic mass is 9.98. The van der Waals surface area contributed by atoms with Gasteiger partial charge < -0.3 is 15.3 Å². The van der Waals surface area contributed by atoms with Crippen molar-refractivity contribution < 1.29 is 14.3 Å². The lowest BCUT2D eigenvalue weighted by Gasteiger charge is -2.42. The molecule has 3 rings (SSSR count). The summed E-state index contributed by atoms with van der Waals surface area (Å²) in [5.74, 6) is -0.739. The fourth-order valence-electron chi connectivity index (χ4n) is 3.61. The molecule has 1 fully saturated rings. The molecular weight excluding hydrogens is 440 g/mol. The van der Waals surface area contributed by atoms with Gasteiger partial charge in [0, 0.05) is 25.7 Å². The number of carbonyl (C=O) groups is 1. The summed E-state index contributed by atoms with van der Waals surface area (Å²) in [6, 6.07) is 15.1. The molecule has 2 aromatic rings. The van der Waals surface area contributed by atoms with Crippen molar-refractivity contribution in [2.24, 2.45) is 0 Å². The van der Waals surface area contributed by atoms with Gasteiger partial charge in [-0.25, -0.2) is 4.39 Å². The number of likely N-dealkylation sites (tertiary alicyclic amines) is 1. The van der Waals surface area contributed by atoms with Crippen LogP contribution in [-0.2, 0) is 11.3 Å². The number of rotatable bonds is 9. The molecule has 0 unspecified atom stereocenters. The minimum atomic E-state index is -1.32. The Morgan fingerprint density at radius 1 is 1.13 bits per heavy atom. The Morgan fingerprint density at radius 2 is 1.68 bits per heavy atom. The van der Waals surface area contributed by atoms with E-state index in [1.165, 1.54) is 5.56 Å². The molecule has 0 saturated carbocycles. The SMILES string of the molecule is CN(C)C1CN(Cc2ccc(-c3ccc([C@@H](O)[C@@H](CF)NC(=O)C(Cl)Cl)cc3)cc2)C1. The second-order valence-electron chi connectivity index (χ2n) is 8.15. The number of amides is 1. The Hall–Kier alpha value is -1.70. The third kappa shape index (κ3) is 6.18. The summed E-state index contributed by atoms with van der Waals surface area (Å²) in [6.45, 7) is 2.19. The number of benzene rings is 2. The molecule has 0 aromatic heterocycles. The quantitative estimate of drug-likeness (QED) is 0.555. The predicted molar refractivity (Wildman–Crippen MR) is 123 cm³/mol. The van der Waals surface area contributed by atoms with Crippen molar-refractivity contribution in [1.82, 2.24) is 15.1 Å². The van der Waals surface area contributed by atoms with E-state index in [4.69, 9.17) is 23.2 Å². The Kier molecular flexibility index (Phi) is 8.30. The molecule has 8 heteroatoms. The smallest absolute Gasteiger partial charge is 0.253 e. The summed E-state index contributed by atoms with van der Waals surface area (Å²) < 4.78 is 13.3. The molecule has 2 atom stereocenters. The van der Waals surface area contributed by atoms with Gasteiger partial charge >= 0.3 is 0 Å². The van der Waals surface area contributed by atoms with Crippen LogP contribution in [0.3, 0.4) is 0 Å². The number of carbonyl (C=O) groups excluding carboxylic acids is 1. The number of nitrogens with zero attached hydrogens (tertiary/aromatic N) is 2. The highest BCUT2D eigenvalue weighted by Crippen LogP contribution is 2.25. The van der Waals surface area contributed by atoms with Crippen molar-refractivity contribution >= 4 is 29.1 Å². The first-order chi connectivity index (χ1) is 14.8. The van der Waals surface area contributed by atoms with Gasteiger partial charge in [0.25, 0.3) is 5.91 Å². The molecule has 168 valence electrons. The highest BCUT2D eigenvalue weighted by Gasteiger charge is 2.28. The third-order valence-corrected chi connectivity index (χ3v) is 6.08. The second-order valence-corrected chi connectivity index (χ2v) is 9.24. The van der Waals surface area contributed by atoms with E-state index >= 15 is 0 Å². The zero-order valence-electron chi connectivity index (χ0n) is 17.6. The zero-order chi connectivity index (χ0) is 22.5. The van der Waals surface area contributed by atoms with Gasteiger partial charge in [0.05, 0.1) is 6.04 Å². The topological polar surface area (TPSA) is 55.8 Å². The maximum Gasteiger partial charge on any atom is 0.253 e. The molecular formula is C23H28Cl2FN3O2. The minimum Gasteiger partial charge on any atom is -0.386 e. The van der Waals surface area contributed by atoms with E-state index < -0.39 is 29.6 Å². The van der Waals surface area contributed by atoms with Crippen LogP contribution >= 0.6 is 23.2 Å². The van der Waals surface area contributed by atoms with Gasteiger partial charge in [0.1, 0.15) is 12.8 Å². The van der Waals surface area contributed by atoms with E-state index in [1.807, 2.05) is 12.1 Å². The first kappa shape index (κ1) is 24.0. The molecule has 1 saturated heterocycles. The van der Waals surface area contributed by atoms with E-state index in [0.29, 0.717) is 11.6 Å². The van der Waals surface area contributed by atoms with E-state index in [2.05, 4.69) is 53.5 Å². The van der Waals surface area contributed by atoms with E-state index in [1.54, 1.807) is 12.1 Å². The van der Waals surface area contributed by atoms with Crippen LogP contribution in [0.15, 0.2) is 48.5 Å². The van der Waals surface area contributed by atoms with Crippen LogP contribution in [0.4, 0.5) is 4.39 Å². The summed E-state index contributed by atoms with van der Waals surface area (Å²) in [7, 11) is 4.23. The highest BCUT2D eigenvalue weighted by molar-refractivity contribution is 6.53. The normalized spacial score (nSPS) is 16.9. The van der Waals surface area contributed by atoms with Crippen molar-refractivity contribution in [3.05, 3.63) is 59.7 Å². The highest BCUT2D eigenvalue weighted by atomic mass is 35.5. The van der Waals surface area contributed by atoms with E-state index in [0.717, 1.165) is 30.8 Å². The van der Waals surface area contributed by atoms with Crippen LogP contribution in [0.25, 0.3) is 11.1 Å². The molecule has 1 aliphatic rings. The van der Waals surface area contributed by atoms with Crippen LogP contribution in [0.2, 0.25) is 0 Å². The predicted octanol–water partition coefficient (Wildman–Crippen LogP) is 3.39. The molecule has 2 aromatic carbocycles. The second kappa shape index (κ2) is 10.7. The van der Waals surface area contributed by atoms with Crippen molar-refractivity contribution in [2.75, 3.05) is 33.9 Å². The standard InChI is InChI=1S/C23H28Cl2FN3O2/c1-28(2)19-13-29(14-19)12-15-3-5-16(6-4-15)17-7-9-18(10-8-17)21(30)20(11-26)27-23(31)22(24)25/h3-10,19-22,30H,11-14H2,1-2H3,(H,27,31)/t20-,21-/m1/s1. The van der Waals surface area contributed by atoms with E-state index in [-0.39, 0.29) is 0 Å². The monoisotopic (exact) mass is 467 g/mol. The molecule has 0 aliphatic carbocycles. The fraction of sp³-hybridized carbons (Fsp3) is 0.435. The van der Waals surface area contributed by atoms with Gasteiger partial charge in [-0.2, -0.15) is 0 Å². The average Bonchev–Trinajstić information content (AvgIpc) is 2.73. The third-order valence-electron chi connectivity index (χ3n) is 5.69. The van der Waals surface area contributed by atoms with Crippen LogP contribution < -0.4 is 5.32 Å². The van der Waals surface area contributed by atoms with Gasteiger partial charge in [-0.15, -0.1) is 0 Å². The summed E-state index contributed by atoms with van der Waals surface area (Å²) in [4.78, 5) is 15.0. The number of likely N-dealkylation sites (N-methyl/N-ethyl adjacent to an activating group) is 1. The zero-order valence-corrected chi connectivity index (χ0v) is 19.2. The largest absolute Gasteiger partial charge is 0.386 e. The Morgan fingerprint density at radius 3 is 2.16 bits per heavy atom. The van der Waals surface area contributed by atoms with Crippen LogP contribution in [-0.4, -0.2) is 71.6 Å². The Bertz CT molecular complexity index is 856. The first-order valence-electron chi connectivity index (χ1n) is 10.2. The van der Waals surface area contributed by atoms with Crippen LogP contribution in [0, 0.1) is 0 Å². The molecule has 31 heavy (non-hydrogen) atoms. The van der Waals surface area contributed by atoms with Crippen LogP contribution in [0.1, 0.15) is 17.2 Å². The molecule has 2 N–H and O–H groups in total. The summed E-state index contributed by atoms with van der Waals surface area (Å²) in [5.41, 5.74) is 3.81. The Balaban J connectivity index is 1.60. The van der Waals surface area contributed by atoms with Crippen molar-refractivity contribution in [3.63, 3.8) is 0 Å². The first-order valence-corrected chi connectivity index (χ1v) is 11.1. The van der Waals surface area contributed by atoms with Gasteiger partial charge in [-0.3, -0.25) is 9.69 Å². The summed E-state index contributed by atoms with van der Waals surface area (Å²) in [6.07, 6.45) is -1.21. The minimum absolute atomic E-state index is 0.497. The van der Waals surface area contributed by atoms with Crippen molar-refractivity contribution in [3.8, 4) is 11.1 Å². The van der Waals surface area contributed by atoms with Crippen LogP contribution in [0.5, 0.6) is 0 Å². The van der Waals surface area contributed by atoms with Gasteiger partial charge in [-0.05, 0) is 36.3 Å². The van der Waals surface area contributed by atoms with Gasteiger partial charge in [0.15, 0.2) is 4.84 Å². The number of nitrogens with one attached hydrogen (secondary N) is 1. The molecule has 0 radical (unpaired) electrons. The number of hydrogen-bond donors (Lipinski definition) is 2. The van der Waals surface area contributed by atoms with Gasteiger partial charge in [-0.1, -0.05) is 71.7 Å². The molecule has 1 heterocycles. The molecule has 0 bridgehead atoms. The van der Waals surface area contributed by atoms with E-state index in [9.17, 15) is 14.3 Å². The molecule has 0 spiro atoms. The van der Waals surface area contributed by atoms with Crippen molar-refractivity contribution in [2.45, 2.75) is 29.6 Å². The number of hydrogen-bond acceptors (Lipinski definition) is 4. The molecule has 5 nitrogen and oxygen atoms in total. The maximum atomic E-state index is 13.3. The lowest BCUT2D eigenvalue weighted by molar-refractivity contribution is -0.121. The van der Waals surface area contributed by atoms with Crippen molar-refractivity contribution in [1.29, 1.82) is 0 Å². The average molecular weight is 468 g/mol. The Labute approximate surface area is 192 Å². The number of alkyl halides is 3. The molecule has 1 aliphatic heterocycles. The lowest BCUT2D eigenvalue weighted by Crippen LogP contribution is -2.56. The number of aliphatic hydroxyl groups is 1. The fourth-order valence-corrected chi connectivity index (χ4v) is 3.74. The van der Waals surface area contributed by atoms with Gasteiger partial charge in [0.2, 0.25) is 0 Å². The maximum absolute atomic E-state index is 13.3.